The average Bonchev–Trinajstić information content (AvgIpc) is 3.19. The standard InChI is InChI=1S/C42H78N4O12/c1-3-4-5-6-7-8-9-10-11-12-13-14-15-16-17-21-38(48)46-36(42(53)54)22-23-37(47)44-25-27-55-29-32-58-34-40(50)45-26-28-56-30-31-57-33-39(49)43-24-19-18-20-35(2)41(51)52/h35-36H,3-34H2,1-2H3,(H,43,49)(H,44,47)(H,45,50)(H,46,48)(H,51,52)(H,53,54)/t35-,36+/m0/s1. The molecular weight excluding hydrogens is 752 g/mol. The number of unbranched alkanes of at least 4 members (excludes halogenated alkanes) is 15. The number of aliphatic carboxylic acids is 2. The first kappa shape index (κ1) is 54.7. The summed E-state index contributed by atoms with van der Waals surface area (Å²) < 4.78 is 21.3. The third-order valence-corrected chi connectivity index (χ3v) is 9.46. The monoisotopic (exact) mass is 831 g/mol. The maximum Gasteiger partial charge on any atom is 0.326 e. The van der Waals surface area contributed by atoms with Gasteiger partial charge in [-0.3, -0.25) is 24.0 Å². The number of amides is 4. The van der Waals surface area contributed by atoms with Gasteiger partial charge in [0.25, 0.3) is 0 Å². The second-order valence-electron chi connectivity index (χ2n) is 14.8. The van der Waals surface area contributed by atoms with Gasteiger partial charge in [-0.25, -0.2) is 4.79 Å². The molecule has 0 unspecified atom stereocenters. The lowest BCUT2D eigenvalue weighted by Gasteiger charge is -2.14. The lowest BCUT2D eigenvalue weighted by Crippen LogP contribution is -2.41. The summed E-state index contributed by atoms with van der Waals surface area (Å²) in [4.78, 5) is 70.5. The van der Waals surface area contributed by atoms with Crippen LogP contribution in [0.3, 0.4) is 0 Å². The molecular formula is C42H78N4O12. The van der Waals surface area contributed by atoms with Crippen molar-refractivity contribution in [2.24, 2.45) is 5.92 Å². The Kier molecular flexibility index (Phi) is 38.1. The maximum atomic E-state index is 12.3. The Bertz CT molecular complexity index is 1080. The molecule has 0 aliphatic rings. The molecule has 0 heterocycles. The summed E-state index contributed by atoms with van der Waals surface area (Å²) in [6.07, 6.45) is 20.7. The fraction of sp³-hybridized carbons (Fsp3) is 0.857. The molecule has 0 saturated heterocycles. The van der Waals surface area contributed by atoms with E-state index in [-0.39, 0.29) is 109 Å². The largest absolute Gasteiger partial charge is 0.481 e. The van der Waals surface area contributed by atoms with E-state index in [0.717, 1.165) is 25.7 Å². The van der Waals surface area contributed by atoms with Gasteiger partial charge < -0.3 is 50.4 Å². The van der Waals surface area contributed by atoms with Crippen molar-refractivity contribution in [3.63, 3.8) is 0 Å². The fourth-order valence-electron chi connectivity index (χ4n) is 5.87. The van der Waals surface area contributed by atoms with Crippen molar-refractivity contribution in [2.45, 2.75) is 155 Å². The van der Waals surface area contributed by atoms with E-state index < -0.39 is 23.9 Å². The highest BCUT2D eigenvalue weighted by Crippen LogP contribution is 2.14. The van der Waals surface area contributed by atoms with E-state index in [0.29, 0.717) is 25.8 Å². The van der Waals surface area contributed by atoms with Crippen LogP contribution in [0.5, 0.6) is 0 Å². The van der Waals surface area contributed by atoms with Crippen LogP contribution in [0.25, 0.3) is 0 Å². The van der Waals surface area contributed by atoms with Crippen molar-refractivity contribution in [3.05, 3.63) is 0 Å². The molecule has 0 bridgehead atoms. The molecule has 0 aromatic carbocycles. The zero-order valence-electron chi connectivity index (χ0n) is 35.8. The molecule has 0 aliphatic carbocycles. The van der Waals surface area contributed by atoms with E-state index in [1.165, 1.54) is 70.6 Å². The number of hydrogen-bond donors (Lipinski definition) is 6. The number of carbonyl (C=O) groups excluding carboxylic acids is 4. The maximum absolute atomic E-state index is 12.3. The van der Waals surface area contributed by atoms with Crippen LogP contribution >= 0.6 is 0 Å². The Morgan fingerprint density at radius 1 is 0.448 bits per heavy atom. The van der Waals surface area contributed by atoms with E-state index >= 15 is 0 Å². The SMILES string of the molecule is CCCCCCCCCCCCCCCCCC(=O)N[C@H](CCC(=O)NCCOCCOCC(=O)NCCOCCOCC(=O)NCCCC[C@H](C)C(=O)O)C(=O)O. The first-order valence-electron chi connectivity index (χ1n) is 21.9. The van der Waals surface area contributed by atoms with Gasteiger partial charge in [-0.1, -0.05) is 110 Å². The van der Waals surface area contributed by atoms with E-state index in [4.69, 9.17) is 24.1 Å². The molecule has 6 N–H and O–H groups in total. The van der Waals surface area contributed by atoms with Crippen LogP contribution in [-0.4, -0.2) is 124 Å². The number of rotatable bonds is 43. The van der Waals surface area contributed by atoms with E-state index in [1.807, 2.05) is 0 Å². The van der Waals surface area contributed by atoms with Gasteiger partial charge >= 0.3 is 11.9 Å². The topological polar surface area (TPSA) is 228 Å². The van der Waals surface area contributed by atoms with Crippen LogP contribution in [0.2, 0.25) is 0 Å². The first-order chi connectivity index (χ1) is 28.1. The summed E-state index contributed by atoms with van der Waals surface area (Å²) in [5.74, 6) is -3.59. The minimum absolute atomic E-state index is 0.00939. The molecule has 338 valence electrons. The third-order valence-electron chi connectivity index (χ3n) is 9.46. The molecule has 16 heteroatoms. The molecule has 0 aromatic rings. The summed E-state index contributed by atoms with van der Waals surface area (Å²) in [7, 11) is 0. The second-order valence-corrected chi connectivity index (χ2v) is 14.8. The van der Waals surface area contributed by atoms with E-state index in [9.17, 15) is 33.9 Å². The molecule has 0 rings (SSSR count). The zero-order valence-corrected chi connectivity index (χ0v) is 35.8. The summed E-state index contributed by atoms with van der Waals surface area (Å²) in [5, 5.41) is 28.9. The summed E-state index contributed by atoms with van der Waals surface area (Å²) in [6, 6.07) is -1.12. The van der Waals surface area contributed by atoms with Crippen molar-refractivity contribution in [3.8, 4) is 0 Å². The minimum atomic E-state index is -1.17. The molecule has 0 saturated carbocycles. The fourth-order valence-corrected chi connectivity index (χ4v) is 5.87. The smallest absolute Gasteiger partial charge is 0.326 e. The highest BCUT2D eigenvalue weighted by Gasteiger charge is 2.21. The number of carbonyl (C=O) groups is 6. The number of ether oxygens (including phenoxy) is 4. The van der Waals surface area contributed by atoms with Crippen LogP contribution in [0.15, 0.2) is 0 Å². The molecule has 0 aliphatic heterocycles. The van der Waals surface area contributed by atoms with Gasteiger partial charge in [0, 0.05) is 32.5 Å². The number of carboxylic acids is 2. The molecule has 0 aromatic heterocycles. The van der Waals surface area contributed by atoms with Crippen molar-refractivity contribution in [1.29, 1.82) is 0 Å². The Hall–Kier alpha value is -3.34. The summed E-state index contributed by atoms with van der Waals surface area (Å²) in [6.45, 7) is 5.93. The van der Waals surface area contributed by atoms with Gasteiger partial charge in [0.2, 0.25) is 23.6 Å². The van der Waals surface area contributed by atoms with Crippen LogP contribution in [-0.2, 0) is 47.7 Å². The van der Waals surface area contributed by atoms with Gasteiger partial charge in [-0.15, -0.1) is 0 Å². The number of nitrogens with one attached hydrogen (secondary N) is 4. The van der Waals surface area contributed by atoms with Crippen LogP contribution in [0.1, 0.15) is 149 Å². The first-order valence-corrected chi connectivity index (χ1v) is 21.9. The predicted octanol–water partition coefficient (Wildman–Crippen LogP) is 4.90. The third kappa shape index (κ3) is 38.2. The zero-order chi connectivity index (χ0) is 42.9. The van der Waals surface area contributed by atoms with Crippen LogP contribution in [0, 0.1) is 5.92 Å². The molecule has 0 spiro atoms. The van der Waals surface area contributed by atoms with Crippen molar-refractivity contribution in [2.75, 3.05) is 72.5 Å². The molecule has 58 heavy (non-hydrogen) atoms. The molecule has 4 amide bonds. The van der Waals surface area contributed by atoms with Crippen LogP contribution < -0.4 is 21.3 Å². The normalized spacial score (nSPS) is 12.1. The predicted molar refractivity (Wildman–Crippen MR) is 221 cm³/mol. The Morgan fingerprint density at radius 3 is 1.38 bits per heavy atom. The summed E-state index contributed by atoms with van der Waals surface area (Å²) in [5.41, 5.74) is 0. The van der Waals surface area contributed by atoms with Gasteiger partial charge in [-0.2, -0.15) is 0 Å². The highest BCUT2D eigenvalue weighted by molar-refractivity contribution is 5.84. The van der Waals surface area contributed by atoms with Crippen molar-refractivity contribution < 1.29 is 57.9 Å². The van der Waals surface area contributed by atoms with Gasteiger partial charge in [-0.05, 0) is 25.7 Å². The lowest BCUT2D eigenvalue weighted by atomic mass is 10.0. The summed E-state index contributed by atoms with van der Waals surface area (Å²) >= 11 is 0. The quantitative estimate of drug-likeness (QED) is 0.0451. The number of hydrogen-bond acceptors (Lipinski definition) is 10. The van der Waals surface area contributed by atoms with Gasteiger partial charge in [0.1, 0.15) is 19.3 Å². The van der Waals surface area contributed by atoms with E-state index in [1.54, 1.807) is 6.92 Å². The highest BCUT2D eigenvalue weighted by atomic mass is 16.5. The molecule has 2 atom stereocenters. The van der Waals surface area contributed by atoms with Crippen molar-refractivity contribution in [1.82, 2.24) is 21.3 Å². The lowest BCUT2D eigenvalue weighted by molar-refractivity contribution is -0.142. The number of carboxylic acid groups (broad SMARTS) is 2. The van der Waals surface area contributed by atoms with Crippen LogP contribution in [0.4, 0.5) is 0 Å². The minimum Gasteiger partial charge on any atom is -0.481 e. The van der Waals surface area contributed by atoms with Gasteiger partial charge in [0.15, 0.2) is 0 Å². The molecule has 16 nitrogen and oxygen atoms in total. The Labute approximate surface area is 347 Å². The molecule has 0 radical (unpaired) electrons. The second kappa shape index (κ2) is 40.4. The average molecular weight is 831 g/mol. The van der Waals surface area contributed by atoms with Gasteiger partial charge in [0.05, 0.1) is 45.6 Å². The molecule has 0 fully saturated rings. The van der Waals surface area contributed by atoms with Crippen molar-refractivity contribution >= 4 is 35.6 Å². The Balaban J connectivity index is 3.65. The Morgan fingerprint density at radius 2 is 0.897 bits per heavy atom. The van der Waals surface area contributed by atoms with E-state index in [2.05, 4.69) is 28.2 Å².